The highest BCUT2D eigenvalue weighted by molar-refractivity contribution is 7.99. The van der Waals surface area contributed by atoms with Crippen molar-refractivity contribution in [2.75, 3.05) is 11.2 Å². The number of hydrogen-bond acceptors (Lipinski definition) is 6. The van der Waals surface area contributed by atoms with Crippen LogP contribution in [0.5, 0.6) is 0 Å². The van der Waals surface area contributed by atoms with Gasteiger partial charge in [0, 0.05) is 4.90 Å². The van der Waals surface area contributed by atoms with E-state index < -0.39 is 5.92 Å². The minimum atomic E-state index is -0.476. The summed E-state index contributed by atoms with van der Waals surface area (Å²) in [5, 5.41) is 0.612. The van der Waals surface area contributed by atoms with Crippen LogP contribution in [0.1, 0.15) is 17.0 Å². The fraction of sp³-hybridized carbons (Fsp3) is 0.0417. The maximum absolute atomic E-state index is 13.1. The molecule has 0 saturated carbocycles. The predicted molar refractivity (Wildman–Crippen MR) is 124 cm³/mol. The van der Waals surface area contributed by atoms with Crippen molar-refractivity contribution >= 4 is 29.2 Å². The Balaban J connectivity index is 1.52. The van der Waals surface area contributed by atoms with E-state index in [0.29, 0.717) is 16.5 Å². The molecule has 4 N–H and O–H groups in total. The Labute approximate surface area is 184 Å². The van der Waals surface area contributed by atoms with Crippen LogP contribution < -0.4 is 16.6 Å². The van der Waals surface area contributed by atoms with Crippen molar-refractivity contribution in [1.82, 2.24) is 15.4 Å². The summed E-state index contributed by atoms with van der Waals surface area (Å²) in [6, 6.07) is 29.1. The van der Waals surface area contributed by atoms with Crippen molar-refractivity contribution in [3.63, 3.8) is 0 Å². The molecule has 3 aromatic carbocycles. The summed E-state index contributed by atoms with van der Waals surface area (Å²) in [5.74, 6) is -0.342. The second-order valence-corrected chi connectivity index (χ2v) is 7.79. The molecule has 7 heteroatoms. The number of amides is 1. The molecule has 0 atom stereocenters. The molecule has 4 rings (SSSR count). The van der Waals surface area contributed by atoms with E-state index in [4.69, 9.17) is 5.73 Å². The third kappa shape index (κ3) is 5.02. The van der Waals surface area contributed by atoms with Crippen molar-refractivity contribution in [3.05, 3.63) is 108 Å². The highest BCUT2D eigenvalue weighted by atomic mass is 32.2. The van der Waals surface area contributed by atoms with Crippen molar-refractivity contribution in [1.29, 1.82) is 0 Å². The lowest BCUT2D eigenvalue weighted by Gasteiger charge is -2.19. The number of carbonyl (C=O) groups excluding carboxylic acids is 1. The lowest BCUT2D eigenvalue weighted by molar-refractivity contribution is -0.121. The van der Waals surface area contributed by atoms with Crippen LogP contribution in [-0.2, 0) is 4.79 Å². The van der Waals surface area contributed by atoms with Crippen LogP contribution in [0.25, 0.3) is 0 Å². The van der Waals surface area contributed by atoms with Gasteiger partial charge < -0.3 is 5.73 Å². The topological polar surface area (TPSA) is 92.9 Å². The van der Waals surface area contributed by atoms with Gasteiger partial charge in [0.25, 0.3) is 0 Å². The van der Waals surface area contributed by atoms with E-state index in [0.717, 1.165) is 16.0 Å². The number of hydrogen-bond donors (Lipinski definition) is 3. The van der Waals surface area contributed by atoms with Crippen molar-refractivity contribution in [2.45, 2.75) is 15.8 Å². The number of carbonyl (C=O) groups is 1. The molecule has 6 nitrogen and oxygen atoms in total. The lowest BCUT2D eigenvalue weighted by atomic mass is 9.91. The third-order valence-corrected chi connectivity index (χ3v) is 5.66. The second-order valence-electron chi connectivity index (χ2n) is 6.72. The third-order valence-electron chi connectivity index (χ3n) is 4.64. The number of benzene rings is 3. The zero-order valence-corrected chi connectivity index (χ0v) is 17.4. The summed E-state index contributed by atoms with van der Waals surface area (Å²) in [4.78, 5) is 22.6. The number of nitrogens with zero attached hydrogens (tertiary/aromatic N) is 2. The number of aromatic nitrogens is 2. The molecule has 0 bridgehead atoms. The molecule has 0 spiro atoms. The first-order valence-electron chi connectivity index (χ1n) is 9.71. The summed E-state index contributed by atoms with van der Waals surface area (Å²) in [6.07, 6.45) is 1.42. The smallest absolute Gasteiger partial charge is 0.250 e. The first-order valence-corrected chi connectivity index (χ1v) is 10.5. The number of rotatable bonds is 7. The number of nitrogens with one attached hydrogen (secondary N) is 2. The average Bonchev–Trinajstić information content (AvgIpc) is 2.82. The van der Waals surface area contributed by atoms with E-state index >= 15 is 0 Å². The first-order chi connectivity index (χ1) is 15.2. The fourth-order valence-electron chi connectivity index (χ4n) is 3.14. The molecule has 1 heterocycles. The van der Waals surface area contributed by atoms with E-state index in [1.165, 1.54) is 18.1 Å². The number of anilines is 2. The molecular formula is C24H21N5OS. The molecule has 0 unspecified atom stereocenters. The minimum absolute atomic E-state index is 0.215. The van der Waals surface area contributed by atoms with Gasteiger partial charge in [-0.05, 0) is 23.3 Å². The van der Waals surface area contributed by atoms with Crippen LogP contribution in [-0.4, -0.2) is 15.9 Å². The summed E-state index contributed by atoms with van der Waals surface area (Å²) < 4.78 is 0. The van der Waals surface area contributed by atoms with Gasteiger partial charge in [0.1, 0.15) is 17.0 Å². The highest BCUT2D eigenvalue weighted by Crippen LogP contribution is 2.32. The molecule has 1 amide bonds. The van der Waals surface area contributed by atoms with Crippen LogP contribution in [0, 0.1) is 0 Å². The first kappa shape index (κ1) is 20.4. The zero-order valence-electron chi connectivity index (χ0n) is 16.6. The normalized spacial score (nSPS) is 10.6. The van der Waals surface area contributed by atoms with Gasteiger partial charge >= 0.3 is 0 Å². The number of hydrazine groups is 1. The van der Waals surface area contributed by atoms with Crippen LogP contribution in [0.15, 0.2) is 107 Å². The van der Waals surface area contributed by atoms with Gasteiger partial charge in [0.2, 0.25) is 5.91 Å². The monoisotopic (exact) mass is 427 g/mol. The summed E-state index contributed by atoms with van der Waals surface area (Å²) in [7, 11) is 0. The van der Waals surface area contributed by atoms with Gasteiger partial charge in [0.05, 0.1) is 5.92 Å². The zero-order chi connectivity index (χ0) is 21.5. The van der Waals surface area contributed by atoms with Gasteiger partial charge in [-0.3, -0.25) is 15.6 Å². The van der Waals surface area contributed by atoms with E-state index in [9.17, 15) is 4.79 Å². The molecule has 0 saturated heterocycles. The van der Waals surface area contributed by atoms with E-state index in [-0.39, 0.29) is 5.91 Å². The van der Waals surface area contributed by atoms with E-state index in [2.05, 4.69) is 20.8 Å². The van der Waals surface area contributed by atoms with Gasteiger partial charge in [0.15, 0.2) is 5.82 Å². The highest BCUT2D eigenvalue weighted by Gasteiger charge is 2.23. The Morgan fingerprint density at radius 1 is 0.806 bits per heavy atom. The number of nitrogens with two attached hydrogens (primary N) is 1. The summed E-state index contributed by atoms with van der Waals surface area (Å²) >= 11 is 1.43. The van der Waals surface area contributed by atoms with Crippen LogP contribution in [0.2, 0.25) is 0 Å². The van der Waals surface area contributed by atoms with Crippen LogP contribution in [0.4, 0.5) is 11.5 Å². The molecule has 0 aliphatic heterocycles. The van der Waals surface area contributed by atoms with E-state index in [1.54, 1.807) is 0 Å². The quantitative estimate of drug-likeness (QED) is 0.297. The largest absolute Gasteiger partial charge is 0.393 e. The predicted octanol–water partition coefficient (Wildman–Crippen LogP) is 4.49. The number of nitrogen functional groups attached to an aromatic ring is 1. The molecule has 0 fully saturated rings. The van der Waals surface area contributed by atoms with Crippen molar-refractivity contribution in [3.8, 4) is 0 Å². The Hall–Kier alpha value is -3.84. The Bertz CT molecular complexity index is 1100. The molecule has 0 radical (unpaired) electrons. The molecule has 0 aliphatic rings. The Kier molecular flexibility index (Phi) is 6.44. The van der Waals surface area contributed by atoms with E-state index in [1.807, 2.05) is 91.0 Å². The Morgan fingerprint density at radius 2 is 1.35 bits per heavy atom. The average molecular weight is 428 g/mol. The van der Waals surface area contributed by atoms with Crippen LogP contribution >= 0.6 is 11.8 Å². The second kappa shape index (κ2) is 9.77. The SMILES string of the molecule is Nc1c(NNC(=O)C(c2ccccc2)c2ccccc2)ncnc1Sc1ccccc1. The lowest BCUT2D eigenvalue weighted by Crippen LogP contribution is -2.35. The molecule has 0 aliphatic carbocycles. The summed E-state index contributed by atoms with van der Waals surface area (Å²) in [6.45, 7) is 0. The van der Waals surface area contributed by atoms with Crippen molar-refractivity contribution in [2.24, 2.45) is 0 Å². The standard InChI is InChI=1S/C24H21N5OS/c25-21-22(26-16-27-24(21)31-19-14-8-3-9-15-19)28-29-23(30)20(17-10-4-1-5-11-17)18-12-6-2-7-13-18/h1-16,20H,25H2,(H,29,30)(H,26,27,28). The van der Waals surface area contributed by atoms with Gasteiger partial charge in [-0.2, -0.15) is 0 Å². The van der Waals surface area contributed by atoms with Crippen molar-refractivity contribution < 1.29 is 4.79 Å². The van der Waals surface area contributed by atoms with Gasteiger partial charge in [-0.15, -0.1) is 0 Å². The molecular weight excluding hydrogens is 406 g/mol. The molecule has 31 heavy (non-hydrogen) atoms. The maximum atomic E-state index is 13.1. The minimum Gasteiger partial charge on any atom is -0.393 e. The van der Waals surface area contributed by atoms with Gasteiger partial charge in [-0.25, -0.2) is 9.97 Å². The summed E-state index contributed by atoms with van der Waals surface area (Å²) in [5.41, 5.74) is 14.0. The molecule has 154 valence electrons. The maximum Gasteiger partial charge on any atom is 0.250 e. The molecule has 1 aromatic heterocycles. The fourth-order valence-corrected chi connectivity index (χ4v) is 3.96. The molecule has 4 aromatic rings. The van der Waals surface area contributed by atoms with Crippen LogP contribution in [0.3, 0.4) is 0 Å². The van der Waals surface area contributed by atoms with Gasteiger partial charge in [-0.1, -0.05) is 90.6 Å². The Morgan fingerprint density at radius 3 is 1.94 bits per heavy atom.